The smallest absolute Gasteiger partial charge is 0.175 e. The van der Waals surface area contributed by atoms with Crippen LogP contribution in [0.4, 0.5) is 5.82 Å². The van der Waals surface area contributed by atoms with Crippen LogP contribution in [0.15, 0.2) is 53.4 Å². The van der Waals surface area contributed by atoms with Crippen molar-refractivity contribution in [1.82, 2.24) is 9.97 Å². The molecule has 0 aliphatic heterocycles. The van der Waals surface area contributed by atoms with Gasteiger partial charge in [0, 0.05) is 27.5 Å². The number of fused-ring (bicyclic) bond motifs is 1. The van der Waals surface area contributed by atoms with E-state index in [-0.39, 0.29) is 0 Å². The minimum Gasteiger partial charge on any atom is -0.493 e. The van der Waals surface area contributed by atoms with Crippen molar-refractivity contribution in [2.75, 3.05) is 25.8 Å². The number of anilines is 1. The first kappa shape index (κ1) is 22.0. The molecule has 0 aliphatic rings. The van der Waals surface area contributed by atoms with Gasteiger partial charge >= 0.3 is 0 Å². The standard InChI is InChI=1S/C23H23N3O4S2/c1-14-25-19-12-21(30-3)20(29-2)11-18(19)23(26-14)24-13-16-8-9-22(31-16)15-6-5-7-17(10-15)32(4,27)28/h5-12H,13H2,1-4H3,(H,24,25,26). The van der Waals surface area contributed by atoms with E-state index in [1.54, 1.807) is 43.8 Å². The van der Waals surface area contributed by atoms with E-state index < -0.39 is 9.84 Å². The third kappa shape index (κ3) is 4.53. The van der Waals surface area contributed by atoms with Crippen molar-refractivity contribution in [3.63, 3.8) is 0 Å². The number of hydrogen-bond donors (Lipinski definition) is 1. The number of aryl methyl sites for hydroxylation is 1. The molecule has 32 heavy (non-hydrogen) atoms. The molecule has 2 heterocycles. The summed E-state index contributed by atoms with van der Waals surface area (Å²) in [7, 11) is -0.0604. The summed E-state index contributed by atoms with van der Waals surface area (Å²) in [5, 5.41) is 4.24. The summed E-state index contributed by atoms with van der Waals surface area (Å²) in [6.45, 7) is 2.41. The number of ether oxygens (including phenoxy) is 2. The zero-order valence-electron chi connectivity index (χ0n) is 18.2. The Balaban J connectivity index is 1.61. The fourth-order valence-corrected chi connectivity index (χ4v) is 5.00. The molecule has 0 saturated heterocycles. The summed E-state index contributed by atoms with van der Waals surface area (Å²) in [5.74, 6) is 2.59. The Kier molecular flexibility index (Phi) is 6.03. The molecule has 4 rings (SSSR count). The Morgan fingerprint density at radius 3 is 2.47 bits per heavy atom. The number of thiophene rings is 1. The van der Waals surface area contributed by atoms with Gasteiger partial charge in [0.1, 0.15) is 11.6 Å². The minimum absolute atomic E-state index is 0.315. The van der Waals surface area contributed by atoms with Gasteiger partial charge in [-0.1, -0.05) is 12.1 Å². The average Bonchev–Trinajstić information content (AvgIpc) is 3.25. The van der Waals surface area contributed by atoms with Gasteiger partial charge in [-0.05, 0) is 42.8 Å². The Labute approximate surface area is 191 Å². The molecule has 2 aromatic carbocycles. The predicted octanol–water partition coefficient (Wildman–Crippen LogP) is 4.70. The van der Waals surface area contributed by atoms with Gasteiger partial charge in [0.2, 0.25) is 0 Å². The topological polar surface area (TPSA) is 90.4 Å². The number of rotatable bonds is 7. The van der Waals surface area contributed by atoms with Crippen LogP contribution in [0.1, 0.15) is 10.7 Å². The zero-order chi connectivity index (χ0) is 22.9. The zero-order valence-corrected chi connectivity index (χ0v) is 19.8. The van der Waals surface area contributed by atoms with Gasteiger partial charge in [-0.15, -0.1) is 11.3 Å². The van der Waals surface area contributed by atoms with Gasteiger partial charge in [0.05, 0.1) is 31.2 Å². The summed E-state index contributed by atoms with van der Waals surface area (Å²) < 4.78 is 34.5. The van der Waals surface area contributed by atoms with Gasteiger partial charge in [-0.2, -0.15) is 0 Å². The molecule has 0 amide bonds. The van der Waals surface area contributed by atoms with Crippen LogP contribution in [0.2, 0.25) is 0 Å². The van der Waals surface area contributed by atoms with Crippen molar-refractivity contribution >= 4 is 37.9 Å². The Morgan fingerprint density at radius 1 is 1.00 bits per heavy atom. The third-order valence-corrected chi connectivity index (χ3v) is 7.20. The highest BCUT2D eigenvalue weighted by atomic mass is 32.2. The second kappa shape index (κ2) is 8.76. The Hall–Kier alpha value is -3.17. The molecule has 0 unspecified atom stereocenters. The van der Waals surface area contributed by atoms with Crippen molar-refractivity contribution in [3.05, 3.63) is 59.2 Å². The summed E-state index contributed by atoms with van der Waals surface area (Å²) in [6, 6.07) is 14.7. The van der Waals surface area contributed by atoms with Gasteiger partial charge in [-0.25, -0.2) is 18.4 Å². The van der Waals surface area contributed by atoms with Crippen LogP contribution in [0.25, 0.3) is 21.3 Å². The number of sulfone groups is 1. The third-order valence-electron chi connectivity index (χ3n) is 4.95. The van der Waals surface area contributed by atoms with E-state index in [0.29, 0.717) is 34.6 Å². The molecule has 0 radical (unpaired) electrons. The molecular weight excluding hydrogens is 446 g/mol. The molecule has 7 nitrogen and oxygen atoms in total. The highest BCUT2D eigenvalue weighted by Gasteiger charge is 2.13. The number of methoxy groups -OCH3 is 2. The van der Waals surface area contributed by atoms with Gasteiger partial charge in [0.25, 0.3) is 0 Å². The molecule has 0 atom stereocenters. The molecular formula is C23H23N3O4S2. The Bertz CT molecular complexity index is 1400. The molecule has 0 bridgehead atoms. The van der Waals surface area contributed by atoms with Crippen molar-refractivity contribution in [2.45, 2.75) is 18.4 Å². The molecule has 0 spiro atoms. The maximum atomic E-state index is 11.9. The first-order chi connectivity index (χ1) is 15.3. The van der Waals surface area contributed by atoms with E-state index >= 15 is 0 Å². The molecule has 166 valence electrons. The quantitative estimate of drug-likeness (QED) is 0.419. The molecule has 1 N–H and O–H groups in total. The van der Waals surface area contributed by atoms with Gasteiger partial charge in [0.15, 0.2) is 21.3 Å². The number of aromatic nitrogens is 2. The minimum atomic E-state index is -3.25. The van der Waals surface area contributed by atoms with Crippen LogP contribution in [-0.4, -0.2) is 38.9 Å². The lowest BCUT2D eigenvalue weighted by Gasteiger charge is -2.12. The maximum Gasteiger partial charge on any atom is 0.175 e. The number of nitrogens with zero attached hydrogens (tertiary/aromatic N) is 2. The normalized spacial score (nSPS) is 11.5. The molecule has 2 aromatic heterocycles. The van der Waals surface area contributed by atoms with Crippen LogP contribution in [0, 0.1) is 6.92 Å². The largest absolute Gasteiger partial charge is 0.493 e. The SMILES string of the molecule is COc1cc2nc(C)nc(NCc3ccc(-c4cccc(S(C)(=O)=O)c4)s3)c2cc1OC. The van der Waals surface area contributed by atoms with Gasteiger partial charge < -0.3 is 14.8 Å². The van der Waals surface area contributed by atoms with E-state index in [2.05, 4.69) is 15.3 Å². The second-order valence-corrected chi connectivity index (χ2v) is 10.4. The van der Waals surface area contributed by atoms with Crippen LogP contribution in [0.5, 0.6) is 11.5 Å². The van der Waals surface area contributed by atoms with E-state index in [1.807, 2.05) is 37.3 Å². The lowest BCUT2D eigenvalue weighted by molar-refractivity contribution is 0.356. The molecule has 0 aliphatic carbocycles. The monoisotopic (exact) mass is 469 g/mol. The van der Waals surface area contributed by atoms with Gasteiger partial charge in [-0.3, -0.25) is 0 Å². The molecule has 0 saturated carbocycles. The summed E-state index contributed by atoms with van der Waals surface area (Å²) in [5.41, 5.74) is 1.64. The van der Waals surface area contributed by atoms with Crippen LogP contribution in [-0.2, 0) is 16.4 Å². The molecule has 9 heteroatoms. The summed E-state index contributed by atoms with van der Waals surface area (Å²) >= 11 is 1.60. The lowest BCUT2D eigenvalue weighted by atomic mass is 10.2. The Morgan fingerprint density at radius 2 is 1.75 bits per heavy atom. The van der Waals surface area contributed by atoms with Crippen molar-refractivity contribution in [1.29, 1.82) is 0 Å². The van der Waals surface area contributed by atoms with Crippen LogP contribution >= 0.6 is 11.3 Å². The fraction of sp³-hybridized carbons (Fsp3) is 0.217. The van der Waals surface area contributed by atoms with Crippen LogP contribution in [0.3, 0.4) is 0 Å². The van der Waals surface area contributed by atoms with E-state index in [9.17, 15) is 8.42 Å². The average molecular weight is 470 g/mol. The number of nitrogens with one attached hydrogen (secondary N) is 1. The highest BCUT2D eigenvalue weighted by Crippen LogP contribution is 2.35. The fourth-order valence-electron chi connectivity index (χ4n) is 3.39. The van der Waals surface area contributed by atoms with Crippen molar-refractivity contribution < 1.29 is 17.9 Å². The van der Waals surface area contributed by atoms with Crippen LogP contribution < -0.4 is 14.8 Å². The summed E-state index contributed by atoms with van der Waals surface area (Å²) in [6.07, 6.45) is 1.22. The number of benzene rings is 2. The van der Waals surface area contributed by atoms with E-state index in [1.165, 1.54) is 6.26 Å². The first-order valence-electron chi connectivity index (χ1n) is 9.82. The van der Waals surface area contributed by atoms with E-state index in [4.69, 9.17) is 9.47 Å². The second-order valence-electron chi connectivity index (χ2n) is 7.26. The molecule has 4 aromatic rings. The predicted molar refractivity (Wildman–Crippen MR) is 128 cm³/mol. The molecule has 0 fully saturated rings. The maximum absolute atomic E-state index is 11.9. The summed E-state index contributed by atoms with van der Waals surface area (Å²) in [4.78, 5) is 11.5. The lowest BCUT2D eigenvalue weighted by Crippen LogP contribution is -2.04. The number of hydrogen-bond acceptors (Lipinski definition) is 8. The van der Waals surface area contributed by atoms with Crippen molar-refractivity contribution in [3.8, 4) is 21.9 Å². The first-order valence-corrected chi connectivity index (χ1v) is 12.5. The van der Waals surface area contributed by atoms with E-state index in [0.717, 1.165) is 26.2 Å². The highest BCUT2D eigenvalue weighted by molar-refractivity contribution is 7.90. The van der Waals surface area contributed by atoms with Crippen molar-refractivity contribution in [2.24, 2.45) is 0 Å².